The van der Waals surface area contributed by atoms with E-state index in [2.05, 4.69) is 51.2 Å². The highest BCUT2D eigenvalue weighted by Crippen LogP contribution is 2.28. The third-order valence-corrected chi connectivity index (χ3v) is 3.43. The Hall–Kier alpha value is -1.42. The molecule has 19 heavy (non-hydrogen) atoms. The zero-order chi connectivity index (χ0) is 13.7. The van der Waals surface area contributed by atoms with Crippen LogP contribution in [-0.4, -0.2) is 11.7 Å². The van der Waals surface area contributed by atoms with Crippen LogP contribution in [0.15, 0.2) is 41.1 Å². The molecule has 1 heterocycles. The van der Waals surface area contributed by atoms with Crippen LogP contribution in [0.3, 0.4) is 0 Å². The zero-order valence-corrected chi connectivity index (χ0v) is 12.9. The van der Waals surface area contributed by atoms with Crippen LogP contribution in [0.1, 0.15) is 18.9 Å². The summed E-state index contributed by atoms with van der Waals surface area (Å²) in [5, 5.41) is 3.41. The van der Waals surface area contributed by atoms with Gasteiger partial charge in [-0.3, -0.25) is 0 Å². The monoisotopic (exact) mass is 322 g/mol. The first-order valence-corrected chi connectivity index (χ1v) is 7.24. The Bertz CT molecular complexity index is 537. The normalized spacial score (nSPS) is 10.5. The second kappa shape index (κ2) is 6.66. The molecule has 102 valence electrons. The van der Waals surface area contributed by atoms with E-state index in [9.17, 15) is 0 Å². The van der Waals surface area contributed by atoms with Crippen molar-refractivity contribution in [1.82, 2.24) is 4.57 Å². The number of hydrogen-bond acceptors (Lipinski definition) is 2. The molecule has 0 amide bonds. The SMILES string of the molecule is CCCn1ccc(CNc2cc(Br)ccc2OC)c1. The van der Waals surface area contributed by atoms with Gasteiger partial charge in [-0.25, -0.2) is 0 Å². The van der Waals surface area contributed by atoms with Gasteiger partial charge in [-0.1, -0.05) is 22.9 Å². The maximum atomic E-state index is 5.34. The Labute approximate surface area is 122 Å². The first kappa shape index (κ1) is 14.0. The van der Waals surface area contributed by atoms with Crippen molar-refractivity contribution in [2.75, 3.05) is 12.4 Å². The lowest BCUT2D eigenvalue weighted by atomic mass is 10.2. The number of benzene rings is 1. The van der Waals surface area contributed by atoms with Gasteiger partial charge in [0.05, 0.1) is 12.8 Å². The molecule has 1 aromatic heterocycles. The summed E-state index contributed by atoms with van der Waals surface area (Å²) < 4.78 is 8.60. The number of nitrogens with one attached hydrogen (secondary N) is 1. The van der Waals surface area contributed by atoms with Crippen molar-refractivity contribution >= 4 is 21.6 Å². The van der Waals surface area contributed by atoms with E-state index in [4.69, 9.17) is 4.74 Å². The van der Waals surface area contributed by atoms with E-state index in [-0.39, 0.29) is 0 Å². The number of halogens is 1. The van der Waals surface area contributed by atoms with Crippen molar-refractivity contribution in [3.63, 3.8) is 0 Å². The Kier molecular flexibility index (Phi) is 4.91. The maximum Gasteiger partial charge on any atom is 0.142 e. The smallest absolute Gasteiger partial charge is 0.142 e. The number of methoxy groups -OCH3 is 1. The van der Waals surface area contributed by atoms with Gasteiger partial charge in [0.15, 0.2) is 0 Å². The number of anilines is 1. The van der Waals surface area contributed by atoms with E-state index >= 15 is 0 Å². The molecule has 2 rings (SSSR count). The molecule has 0 atom stereocenters. The zero-order valence-electron chi connectivity index (χ0n) is 11.3. The standard InChI is InChI=1S/C15H19BrN2O/c1-3-7-18-8-6-12(11-18)10-17-14-9-13(16)4-5-15(14)19-2/h4-6,8-9,11,17H,3,7,10H2,1-2H3. The van der Waals surface area contributed by atoms with Crippen LogP contribution in [0.5, 0.6) is 5.75 Å². The van der Waals surface area contributed by atoms with E-state index in [0.29, 0.717) is 0 Å². The van der Waals surface area contributed by atoms with Crippen LogP contribution >= 0.6 is 15.9 Å². The lowest BCUT2D eigenvalue weighted by Crippen LogP contribution is -2.01. The van der Waals surface area contributed by atoms with Crippen molar-refractivity contribution in [1.29, 1.82) is 0 Å². The molecular formula is C15H19BrN2O. The predicted molar refractivity (Wildman–Crippen MR) is 82.7 cm³/mol. The van der Waals surface area contributed by atoms with Crippen LogP contribution in [0.2, 0.25) is 0 Å². The van der Waals surface area contributed by atoms with Crippen LogP contribution < -0.4 is 10.1 Å². The fourth-order valence-corrected chi connectivity index (χ4v) is 2.37. The van der Waals surface area contributed by atoms with Gasteiger partial charge in [0.25, 0.3) is 0 Å². The second-order valence-electron chi connectivity index (χ2n) is 4.46. The Balaban J connectivity index is 2.03. The lowest BCUT2D eigenvalue weighted by Gasteiger charge is -2.11. The maximum absolute atomic E-state index is 5.34. The van der Waals surface area contributed by atoms with Gasteiger partial charge in [0, 0.05) is 30.0 Å². The Morgan fingerprint density at radius 2 is 2.16 bits per heavy atom. The van der Waals surface area contributed by atoms with Gasteiger partial charge in [-0.2, -0.15) is 0 Å². The number of nitrogens with zero attached hydrogens (tertiary/aromatic N) is 1. The fourth-order valence-electron chi connectivity index (χ4n) is 2.01. The lowest BCUT2D eigenvalue weighted by molar-refractivity contribution is 0.416. The van der Waals surface area contributed by atoms with Gasteiger partial charge in [-0.05, 0) is 36.2 Å². The third kappa shape index (κ3) is 3.77. The minimum Gasteiger partial charge on any atom is -0.495 e. The quantitative estimate of drug-likeness (QED) is 0.859. The van der Waals surface area contributed by atoms with E-state index < -0.39 is 0 Å². The molecule has 1 aromatic carbocycles. The molecule has 0 unspecified atom stereocenters. The highest BCUT2D eigenvalue weighted by molar-refractivity contribution is 9.10. The van der Waals surface area contributed by atoms with Gasteiger partial charge < -0.3 is 14.6 Å². The highest BCUT2D eigenvalue weighted by atomic mass is 79.9. The molecule has 0 fully saturated rings. The molecule has 0 aliphatic carbocycles. The molecule has 4 heteroatoms. The number of hydrogen-bond donors (Lipinski definition) is 1. The van der Waals surface area contributed by atoms with Crippen molar-refractivity contribution in [2.24, 2.45) is 0 Å². The summed E-state index contributed by atoms with van der Waals surface area (Å²) in [5.74, 6) is 0.858. The van der Waals surface area contributed by atoms with E-state index in [1.807, 2.05) is 18.2 Å². The van der Waals surface area contributed by atoms with Crippen LogP contribution in [0.4, 0.5) is 5.69 Å². The molecule has 0 aliphatic rings. The molecule has 0 aliphatic heterocycles. The molecule has 0 bridgehead atoms. The largest absolute Gasteiger partial charge is 0.495 e. The van der Waals surface area contributed by atoms with Gasteiger partial charge in [0.2, 0.25) is 0 Å². The summed E-state index contributed by atoms with van der Waals surface area (Å²) in [6.45, 7) is 4.05. The third-order valence-electron chi connectivity index (χ3n) is 2.94. The molecule has 0 saturated carbocycles. The van der Waals surface area contributed by atoms with Gasteiger partial charge >= 0.3 is 0 Å². The highest BCUT2D eigenvalue weighted by Gasteiger charge is 2.04. The summed E-state index contributed by atoms with van der Waals surface area (Å²) in [4.78, 5) is 0. The van der Waals surface area contributed by atoms with Crippen molar-refractivity contribution in [2.45, 2.75) is 26.4 Å². The molecule has 0 radical (unpaired) electrons. The number of aryl methyl sites for hydroxylation is 1. The number of rotatable bonds is 6. The van der Waals surface area contributed by atoms with Crippen LogP contribution in [-0.2, 0) is 13.1 Å². The summed E-state index contributed by atoms with van der Waals surface area (Å²) in [5.41, 5.74) is 2.27. The summed E-state index contributed by atoms with van der Waals surface area (Å²) in [6.07, 6.45) is 5.46. The predicted octanol–water partition coefficient (Wildman–Crippen LogP) is 4.28. The first-order valence-electron chi connectivity index (χ1n) is 6.45. The number of aromatic nitrogens is 1. The topological polar surface area (TPSA) is 26.2 Å². The van der Waals surface area contributed by atoms with Crippen LogP contribution in [0, 0.1) is 0 Å². The average molecular weight is 323 g/mol. The van der Waals surface area contributed by atoms with Crippen LogP contribution in [0.25, 0.3) is 0 Å². The Morgan fingerprint density at radius 1 is 1.32 bits per heavy atom. The van der Waals surface area contributed by atoms with Crippen molar-refractivity contribution < 1.29 is 4.74 Å². The molecule has 2 aromatic rings. The molecule has 3 nitrogen and oxygen atoms in total. The average Bonchev–Trinajstić information content (AvgIpc) is 2.85. The fraction of sp³-hybridized carbons (Fsp3) is 0.333. The van der Waals surface area contributed by atoms with Crippen molar-refractivity contribution in [3.8, 4) is 5.75 Å². The summed E-state index contributed by atoms with van der Waals surface area (Å²) in [6, 6.07) is 8.10. The summed E-state index contributed by atoms with van der Waals surface area (Å²) in [7, 11) is 1.69. The molecule has 0 spiro atoms. The molecular weight excluding hydrogens is 304 g/mol. The second-order valence-corrected chi connectivity index (χ2v) is 5.37. The minimum atomic E-state index is 0.795. The first-order chi connectivity index (χ1) is 9.22. The van der Waals surface area contributed by atoms with E-state index in [0.717, 1.165) is 35.4 Å². The minimum absolute atomic E-state index is 0.795. The molecule has 0 saturated heterocycles. The van der Waals surface area contributed by atoms with E-state index in [1.54, 1.807) is 7.11 Å². The van der Waals surface area contributed by atoms with Crippen molar-refractivity contribution in [3.05, 3.63) is 46.7 Å². The number of ether oxygens (including phenoxy) is 1. The molecule has 1 N–H and O–H groups in total. The van der Waals surface area contributed by atoms with Gasteiger partial charge in [0.1, 0.15) is 5.75 Å². The van der Waals surface area contributed by atoms with E-state index in [1.165, 1.54) is 5.56 Å². The Morgan fingerprint density at radius 3 is 2.89 bits per heavy atom. The van der Waals surface area contributed by atoms with Gasteiger partial charge in [-0.15, -0.1) is 0 Å². The summed E-state index contributed by atoms with van der Waals surface area (Å²) >= 11 is 3.48.